The first-order chi connectivity index (χ1) is 12.6. The molecule has 0 aliphatic carbocycles. The highest BCUT2D eigenvalue weighted by Crippen LogP contribution is 2.36. The van der Waals surface area contributed by atoms with Crippen molar-refractivity contribution in [2.24, 2.45) is 0 Å². The van der Waals surface area contributed by atoms with Gasteiger partial charge in [0.15, 0.2) is 0 Å². The van der Waals surface area contributed by atoms with Gasteiger partial charge in [-0.05, 0) is 32.4 Å². The van der Waals surface area contributed by atoms with Gasteiger partial charge < -0.3 is 9.47 Å². The molecule has 0 aromatic carbocycles. The Labute approximate surface area is 155 Å². The average molecular weight is 356 g/mol. The topological polar surface area (TPSA) is 52.4 Å². The molecule has 2 aromatic rings. The Morgan fingerprint density at radius 2 is 2.23 bits per heavy atom. The molecular weight excluding hydrogens is 328 g/mol. The zero-order valence-corrected chi connectivity index (χ0v) is 15.7. The van der Waals surface area contributed by atoms with Gasteiger partial charge in [0.05, 0.1) is 30.2 Å². The molecule has 2 aliphatic heterocycles. The van der Waals surface area contributed by atoms with Crippen molar-refractivity contribution in [2.45, 2.75) is 58.1 Å². The van der Waals surface area contributed by atoms with Crippen LogP contribution in [0.2, 0.25) is 0 Å². The fourth-order valence-electron chi connectivity index (χ4n) is 4.03. The minimum absolute atomic E-state index is 0.0241. The largest absolute Gasteiger partial charge is 0.372 e. The molecule has 0 bridgehead atoms. The van der Waals surface area contributed by atoms with Crippen LogP contribution in [0.5, 0.6) is 0 Å². The van der Waals surface area contributed by atoms with Crippen molar-refractivity contribution in [3.05, 3.63) is 47.5 Å². The van der Waals surface area contributed by atoms with Gasteiger partial charge in [0.2, 0.25) is 0 Å². The van der Waals surface area contributed by atoms with Crippen LogP contribution >= 0.6 is 0 Å². The summed E-state index contributed by atoms with van der Waals surface area (Å²) in [6.07, 6.45) is 6.31. The molecule has 4 rings (SSSR count). The number of aromatic nitrogens is 3. The van der Waals surface area contributed by atoms with Crippen LogP contribution in [0.25, 0.3) is 0 Å². The van der Waals surface area contributed by atoms with Gasteiger partial charge in [-0.3, -0.25) is 14.6 Å². The fourth-order valence-corrected chi connectivity index (χ4v) is 4.03. The van der Waals surface area contributed by atoms with Crippen LogP contribution in [0.3, 0.4) is 0 Å². The lowest BCUT2D eigenvalue weighted by molar-refractivity contribution is -0.200. The fraction of sp³-hybridized carbons (Fsp3) is 0.600. The summed E-state index contributed by atoms with van der Waals surface area (Å²) in [6.45, 7) is 9.32. The Kier molecular flexibility index (Phi) is 5.07. The zero-order chi connectivity index (χ0) is 18.0. The Hall–Kier alpha value is -1.76. The Morgan fingerprint density at radius 3 is 3.00 bits per heavy atom. The standard InChI is InChI=1S/C20H28N4O2/c1-3-24-12-17(10-21-24)11-23-14-20(15-23)9-19(7-8-26-20)25-13-18-6-4-5-16(2)22-18/h4-6,10,12,19H,3,7-9,11,13-15H2,1-2H3/t19-/m0/s1. The van der Waals surface area contributed by atoms with Crippen molar-refractivity contribution in [1.29, 1.82) is 0 Å². The second kappa shape index (κ2) is 7.47. The number of rotatable bonds is 6. The highest BCUT2D eigenvalue weighted by molar-refractivity contribution is 5.10. The molecule has 26 heavy (non-hydrogen) atoms. The molecule has 2 aliphatic rings. The van der Waals surface area contributed by atoms with E-state index in [2.05, 4.69) is 28.1 Å². The van der Waals surface area contributed by atoms with Crippen LogP contribution in [0.4, 0.5) is 0 Å². The summed E-state index contributed by atoms with van der Waals surface area (Å²) in [4.78, 5) is 6.96. The van der Waals surface area contributed by atoms with Gasteiger partial charge in [0, 0.05) is 56.7 Å². The summed E-state index contributed by atoms with van der Waals surface area (Å²) >= 11 is 0. The minimum Gasteiger partial charge on any atom is -0.372 e. The number of aryl methyl sites for hydroxylation is 2. The van der Waals surface area contributed by atoms with E-state index in [0.717, 1.165) is 57.0 Å². The first kappa shape index (κ1) is 17.6. The summed E-state index contributed by atoms with van der Waals surface area (Å²) in [5.41, 5.74) is 3.30. The highest BCUT2D eigenvalue weighted by Gasteiger charge is 2.47. The third kappa shape index (κ3) is 3.98. The lowest BCUT2D eigenvalue weighted by atomic mass is 9.84. The molecule has 0 amide bonds. The van der Waals surface area contributed by atoms with Gasteiger partial charge in [0.25, 0.3) is 0 Å². The van der Waals surface area contributed by atoms with Crippen molar-refractivity contribution in [3.8, 4) is 0 Å². The maximum Gasteiger partial charge on any atom is 0.0959 e. The molecule has 140 valence electrons. The van der Waals surface area contributed by atoms with Gasteiger partial charge >= 0.3 is 0 Å². The van der Waals surface area contributed by atoms with Crippen LogP contribution in [0.1, 0.15) is 36.7 Å². The van der Waals surface area contributed by atoms with Crippen LogP contribution in [-0.2, 0) is 29.2 Å². The molecule has 2 saturated heterocycles. The van der Waals surface area contributed by atoms with E-state index in [4.69, 9.17) is 9.47 Å². The molecule has 2 aromatic heterocycles. The van der Waals surface area contributed by atoms with Gasteiger partial charge in [-0.25, -0.2) is 0 Å². The van der Waals surface area contributed by atoms with Crippen LogP contribution in [0.15, 0.2) is 30.6 Å². The molecule has 1 spiro atoms. The van der Waals surface area contributed by atoms with Crippen molar-refractivity contribution >= 4 is 0 Å². The predicted octanol–water partition coefficient (Wildman–Crippen LogP) is 2.56. The molecule has 0 unspecified atom stereocenters. The zero-order valence-electron chi connectivity index (χ0n) is 15.7. The second-order valence-corrected chi connectivity index (χ2v) is 7.58. The molecule has 4 heterocycles. The highest BCUT2D eigenvalue weighted by atomic mass is 16.5. The summed E-state index contributed by atoms with van der Waals surface area (Å²) in [6, 6.07) is 6.08. The molecule has 0 N–H and O–H groups in total. The van der Waals surface area contributed by atoms with Crippen LogP contribution in [-0.4, -0.2) is 51.1 Å². The van der Waals surface area contributed by atoms with Gasteiger partial charge in [-0.2, -0.15) is 5.10 Å². The second-order valence-electron chi connectivity index (χ2n) is 7.58. The Morgan fingerprint density at radius 1 is 1.35 bits per heavy atom. The maximum absolute atomic E-state index is 6.15. The monoisotopic (exact) mass is 356 g/mol. The maximum atomic E-state index is 6.15. The van der Waals surface area contributed by atoms with Crippen molar-refractivity contribution < 1.29 is 9.47 Å². The van der Waals surface area contributed by atoms with Gasteiger partial charge in [-0.1, -0.05) is 6.07 Å². The third-order valence-electron chi connectivity index (χ3n) is 5.30. The number of nitrogens with zero attached hydrogens (tertiary/aromatic N) is 4. The number of likely N-dealkylation sites (tertiary alicyclic amines) is 1. The van der Waals surface area contributed by atoms with Gasteiger partial charge in [0.1, 0.15) is 0 Å². The van der Waals surface area contributed by atoms with E-state index in [1.54, 1.807) is 0 Å². The number of hydrogen-bond donors (Lipinski definition) is 0. The Balaban J connectivity index is 1.26. The van der Waals surface area contributed by atoms with Crippen molar-refractivity contribution in [2.75, 3.05) is 19.7 Å². The molecule has 6 nitrogen and oxygen atoms in total. The lowest BCUT2D eigenvalue weighted by Crippen LogP contribution is -2.65. The van der Waals surface area contributed by atoms with E-state index in [1.165, 1.54) is 5.56 Å². The number of hydrogen-bond acceptors (Lipinski definition) is 5. The first-order valence-corrected chi connectivity index (χ1v) is 9.56. The lowest BCUT2D eigenvalue weighted by Gasteiger charge is -2.53. The molecule has 6 heteroatoms. The normalized spacial score (nSPS) is 22.5. The average Bonchev–Trinajstić information content (AvgIpc) is 3.07. The number of pyridine rings is 1. The van der Waals surface area contributed by atoms with E-state index < -0.39 is 0 Å². The minimum atomic E-state index is -0.0241. The van der Waals surface area contributed by atoms with E-state index in [-0.39, 0.29) is 11.7 Å². The van der Waals surface area contributed by atoms with Crippen molar-refractivity contribution in [3.63, 3.8) is 0 Å². The first-order valence-electron chi connectivity index (χ1n) is 9.56. The van der Waals surface area contributed by atoms with E-state index in [0.29, 0.717) is 6.61 Å². The summed E-state index contributed by atoms with van der Waals surface area (Å²) < 4.78 is 14.3. The molecule has 0 radical (unpaired) electrons. The van der Waals surface area contributed by atoms with Crippen LogP contribution < -0.4 is 0 Å². The quantitative estimate of drug-likeness (QED) is 0.796. The molecule has 0 saturated carbocycles. The van der Waals surface area contributed by atoms with Crippen molar-refractivity contribution in [1.82, 2.24) is 19.7 Å². The van der Waals surface area contributed by atoms with E-state index >= 15 is 0 Å². The van der Waals surface area contributed by atoms with E-state index in [9.17, 15) is 0 Å². The Bertz CT molecular complexity index is 739. The SMILES string of the molecule is CCn1cc(CN2CC3(C[C@@H](OCc4cccc(C)n4)CCO3)C2)cn1. The summed E-state index contributed by atoms with van der Waals surface area (Å²) in [5.74, 6) is 0. The predicted molar refractivity (Wildman–Crippen MR) is 98.6 cm³/mol. The smallest absolute Gasteiger partial charge is 0.0959 e. The number of ether oxygens (including phenoxy) is 2. The van der Waals surface area contributed by atoms with Crippen LogP contribution in [0, 0.1) is 6.92 Å². The third-order valence-corrected chi connectivity index (χ3v) is 5.30. The molecule has 2 fully saturated rings. The summed E-state index contributed by atoms with van der Waals surface area (Å²) in [7, 11) is 0. The molecular formula is C20H28N4O2. The van der Waals surface area contributed by atoms with Gasteiger partial charge in [-0.15, -0.1) is 0 Å². The summed E-state index contributed by atoms with van der Waals surface area (Å²) in [5, 5.41) is 4.35. The molecule has 1 atom stereocenters. The van der Waals surface area contributed by atoms with E-state index in [1.807, 2.05) is 36.0 Å².